The summed E-state index contributed by atoms with van der Waals surface area (Å²) in [6.45, 7) is -0.426. The molecule has 1 aliphatic heterocycles. The second-order valence-corrected chi connectivity index (χ2v) is 8.25. The van der Waals surface area contributed by atoms with Crippen LogP contribution in [0.25, 0.3) is 0 Å². The molecule has 1 aliphatic rings. The fourth-order valence-corrected chi connectivity index (χ4v) is 4.87. The number of amides is 2. The van der Waals surface area contributed by atoms with E-state index >= 15 is 0 Å². The van der Waals surface area contributed by atoms with Crippen molar-refractivity contribution in [2.45, 2.75) is 10.9 Å². The number of sulfonamides is 1. The minimum Gasteiger partial charge on any atom is -0.467 e. The van der Waals surface area contributed by atoms with Crippen LogP contribution in [0.15, 0.2) is 53.4 Å². The van der Waals surface area contributed by atoms with Gasteiger partial charge in [-0.3, -0.25) is 4.90 Å². The molecule has 2 aromatic carbocycles. The highest BCUT2D eigenvalue weighted by Crippen LogP contribution is 2.35. The minimum atomic E-state index is -4.29. The number of ether oxygens (including phenoxy) is 1. The van der Waals surface area contributed by atoms with E-state index in [-0.39, 0.29) is 20.6 Å². The number of rotatable bonds is 4. The second kappa shape index (κ2) is 7.38. The maximum absolute atomic E-state index is 13.0. The number of esters is 1. The zero-order valence-electron chi connectivity index (χ0n) is 14.0. The topological polar surface area (TPSA) is 84.0 Å². The van der Waals surface area contributed by atoms with Gasteiger partial charge in [0, 0.05) is 0 Å². The smallest absolute Gasteiger partial charge is 0.339 e. The fraction of sp³-hybridized carbons (Fsp3) is 0.176. The molecular formula is C17H14Cl2N2O5S. The highest BCUT2D eigenvalue weighted by Gasteiger charge is 2.49. The van der Waals surface area contributed by atoms with Crippen molar-refractivity contribution in [3.8, 4) is 0 Å². The van der Waals surface area contributed by atoms with Crippen LogP contribution in [-0.2, 0) is 19.6 Å². The van der Waals surface area contributed by atoms with Crippen LogP contribution in [0.5, 0.6) is 0 Å². The zero-order chi connectivity index (χ0) is 19.8. The molecule has 0 aromatic heterocycles. The molecule has 0 bridgehead atoms. The van der Waals surface area contributed by atoms with Crippen molar-refractivity contribution in [2.24, 2.45) is 0 Å². The molecule has 0 radical (unpaired) electrons. The average molecular weight is 429 g/mol. The molecule has 142 valence electrons. The third-order valence-corrected chi connectivity index (χ3v) is 6.62. The van der Waals surface area contributed by atoms with Crippen molar-refractivity contribution in [2.75, 3.05) is 18.6 Å². The summed E-state index contributed by atoms with van der Waals surface area (Å²) in [6.07, 6.45) is 0. The Labute approximate surface area is 166 Å². The molecule has 2 aromatic rings. The van der Waals surface area contributed by atoms with Gasteiger partial charge in [0.15, 0.2) is 6.04 Å². The third kappa shape index (κ3) is 3.36. The monoisotopic (exact) mass is 428 g/mol. The number of carbonyl (C=O) groups excluding carboxylic acids is 2. The van der Waals surface area contributed by atoms with Crippen molar-refractivity contribution >= 4 is 50.9 Å². The normalized spacial score (nSPS) is 17.3. The molecule has 1 fully saturated rings. The zero-order valence-corrected chi connectivity index (χ0v) is 16.3. The number of urea groups is 1. The first kappa shape index (κ1) is 19.5. The largest absolute Gasteiger partial charge is 0.467 e. The van der Waals surface area contributed by atoms with E-state index in [1.807, 2.05) is 0 Å². The lowest BCUT2D eigenvalue weighted by atomic mass is 10.2. The van der Waals surface area contributed by atoms with Crippen LogP contribution >= 0.6 is 23.2 Å². The first-order valence-corrected chi connectivity index (χ1v) is 9.91. The molecule has 7 nitrogen and oxygen atoms in total. The quantitative estimate of drug-likeness (QED) is 0.698. The van der Waals surface area contributed by atoms with Gasteiger partial charge in [0.1, 0.15) is 4.90 Å². The summed E-state index contributed by atoms with van der Waals surface area (Å²) in [5.41, 5.74) is 0.205. The van der Waals surface area contributed by atoms with E-state index in [1.165, 1.54) is 30.3 Å². The predicted octanol–water partition coefficient (Wildman–Crippen LogP) is 3.17. The number of halogens is 2. The van der Waals surface area contributed by atoms with E-state index in [0.717, 1.165) is 12.0 Å². The van der Waals surface area contributed by atoms with Gasteiger partial charge < -0.3 is 4.74 Å². The van der Waals surface area contributed by atoms with Crippen molar-refractivity contribution in [3.05, 3.63) is 58.6 Å². The summed E-state index contributed by atoms with van der Waals surface area (Å²) >= 11 is 12.1. The van der Waals surface area contributed by atoms with Gasteiger partial charge in [-0.2, -0.15) is 0 Å². The van der Waals surface area contributed by atoms with Gasteiger partial charge in [-0.15, -0.1) is 0 Å². The minimum absolute atomic E-state index is 0.0314. The summed E-state index contributed by atoms with van der Waals surface area (Å²) in [5, 5.41) is 0.160. The summed E-state index contributed by atoms with van der Waals surface area (Å²) < 4.78 is 31.3. The molecule has 1 unspecified atom stereocenters. The van der Waals surface area contributed by atoms with E-state index < -0.39 is 34.6 Å². The molecule has 3 rings (SSSR count). The summed E-state index contributed by atoms with van der Waals surface area (Å²) in [7, 11) is -3.13. The molecule has 0 N–H and O–H groups in total. The van der Waals surface area contributed by atoms with E-state index in [4.69, 9.17) is 27.9 Å². The van der Waals surface area contributed by atoms with Crippen LogP contribution in [0.4, 0.5) is 10.5 Å². The van der Waals surface area contributed by atoms with Crippen LogP contribution in [0.1, 0.15) is 0 Å². The van der Waals surface area contributed by atoms with E-state index in [2.05, 4.69) is 0 Å². The van der Waals surface area contributed by atoms with Gasteiger partial charge in [-0.25, -0.2) is 22.3 Å². The lowest BCUT2D eigenvalue weighted by molar-refractivity contribution is -0.141. The third-order valence-electron chi connectivity index (χ3n) is 4.06. The molecule has 0 spiro atoms. The van der Waals surface area contributed by atoms with Gasteiger partial charge in [-0.05, 0) is 24.3 Å². The van der Waals surface area contributed by atoms with Crippen molar-refractivity contribution in [1.29, 1.82) is 0 Å². The summed E-state index contributed by atoms with van der Waals surface area (Å²) in [6, 6.07) is 9.97. The number of hydrogen-bond donors (Lipinski definition) is 0. The Hall–Kier alpha value is -2.29. The number of methoxy groups -OCH3 is 1. The molecular weight excluding hydrogens is 415 g/mol. The van der Waals surface area contributed by atoms with Gasteiger partial charge in [-0.1, -0.05) is 47.5 Å². The van der Waals surface area contributed by atoms with Gasteiger partial charge in [0.25, 0.3) is 10.0 Å². The highest BCUT2D eigenvalue weighted by molar-refractivity contribution is 7.89. The van der Waals surface area contributed by atoms with Gasteiger partial charge in [0.05, 0.1) is 29.4 Å². The number of para-hydroxylation sites is 1. The van der Waals surface area contributed by atoms with Crippen LogP contribution in [0.2, 0.25) is 10.0 Å². The number of hydrogen-bond acceptors (Lipinski definition) is 5. The molecule has 1 heterocycles. The summed E-state index contributed by atoms with van der Waals surface area (Å²) in [4.78, 5) is 26.0. The number of benzene rings is 2. The number of nitrogens with zero attached hydrogens (tertiary/aromatic N) is 2. The Morgan fingerprint density at radius 2 is 1.67 bits per heavy atom. The van der Waals surface area contributed by atoms with Crippen LogP contribution < -0.4 is 4.90 Å². The van der Waals surface area contributed by atoms with Crippen molar-refractivity contribution in [1.82, 2.24) is 4.31 Å². The first-order chi connectivity index (χ1) is 12.8. The maximum Gasteiger partial charge on any atom is 0.339 e. The Morgan fingerprint density at radius 1 is 1.07 bits per heavy atom. The van der Waals surface area contributed by atoms with Crippen LogP contribution in [-0.4, -0.2) is 44.4 Å². The molecule has 0 saturated carbocycles. The lowest BCUT2D eigenvalue weighted by Crippen LogP contribution is -2.40. The standard InChI is InChI=1S/C17H14Cl2N2O5S/c1-26-16(22)14-10-20(27(24,25)15-9-5-3-7-12(15)19)17(23)21(14)13-8-4-2-6-11(13)18/h2-9,14H,10H2,1H3. The fourth-order valence-electron chi connectivity index (χ4n) is 2.78. The molecule has 1 saturated heterocycles. The van der Waals surface area contributed by atoms with Crippen molar-refractivity contribution in [3.63, 3.8) is 0 Å². The number of carbonyl (C=O) groups is 2. The lowest BCUT2D eigenvalue weighted by Gasteiger charge is -2.22. The molecule has 10 heteroatoms. The van der Waals surface area contributed by atoms with E-state index in [0.29, 0.717) is 4.31 Å². The predicted molar refractivity (Wildman–Crippen MR) is 100 cm³/mol. The molecule has 0 aliphatic carbocycles. The van der Waals surface area contributed by atoms with Crippen molar-refractivity contribution < 1.29 is 22.7 Å². The average Bonchev–Trinajstić information content (AvgIpc) is 2.99. The van der Waals surface area contributed by atoms with E-state index in [9.17, 15) is 18.0 Å². The second-order valence-electron chi connectivity index (χ2n) is 5.61. The van der Waals surface area contributed by atoms with E-state index in [1.54, 1.807) is 18.2 Å². The Morgan fingerprint density at radius 3 is 2.26 bits per heavy atom. The van der Waals surface area contributed by atoms with Crippen LogP contribution in [0, 0.1) is 0 Å². The maximum atomic E-state index is 13.0. The Bertz CT molecular complexity index is 1010. The number of anilines is 1. The Kier molecular flexibility index (Phi) is 5.32. The molecule has 2 amide bonds. The Balaban J connectivity index is 2.10. The summed E-state index contributed by atoms with van der Waals surface area (Å²) in [5.74, 6) is -0.764. The highest BCUT2D eigenvalue weighted by atomic mass is 35.5. The van der Waals surface area contributed by atoms with Crippen LogP contribution in [0.3, 0.4) is 0 Å². The van der Waals surface area contributed by atoms with Gasteiger partial charge >= 0.3 is 12.0 Å². The molecule has 1 atom stereocenters. The SMILES string of the molecule is COC(=O)C1CN(S(=O)(=O)c2ccccc2Cl)C(=O)N1c1ccccc1Cl. The molecule has 27 heavy (non-hydrogen) atoms. The van der Waals surface area contributed by atoms with Gasteiger partial charge in [0.2, 0.25) is 0 Å². The first-order valence-electron chi connectivity index (χ1n) is 7.72.